The molecule has 0 spiro atoms. The number of methoxy groups -OCH3 is 1. The zero-order valence-electron chi connectivity index (χ0n) is 14.0. The number of benzene rings is 3. The number of phenolic OH excluding ortho intramolecular Hbond substituents is 1. The van der Waals surface area contributed by atoms with Gasteiger partial charge in [-0.2, -0.15) is 0 Å². The van der Waals surface area contributed by atoms with E-state index < -0.39 is 0 Å². The second-order valence-corrected chi connectivity index (χ2v) is 6.10. The van der Waals surface area contributed by atoms with Crippen LogP contribution in [0.4, 0.5) is 0 Å². The molecule has 0 aromatic heterocycles. The Morgan fingerprint density at radius 3 is 2.42 bits per heavy atom. The fraction of sp³-hybridized carbons (Fsp3) is 0.190. The van der Waals surface area contributed by atoms with Crippen molar-refractivity contribution in [2.24, 2.45) is 0 Å². The molecule has 0 aliphatic rings. The number of rotatable bonds is 4. The quantitative estimate of drug-likeness (QED) is 0.676. The van der Waals surface area contributed by atoms with Crippen molar-refractivity contribution in [1.29, 1.82) is 0 Å². The van der Waals surface area contributed by atoms with E-state index in [4.69, 9.17) is 4.74 Å². The molecule has 3 nitrogen and oxygen atoms in total. The normalized spacial score (nSPS) is 11.0. The smallest absolute Gasteiger partial charge is 0.150 e. The fourth-order valence-electron chi connectivity index (χ4n) is 3.13. The van der Waals surface area contributed by atoms with E-state index in [0.717, 1.165) is 22.6 Å². The highest BCUT2D eigenvalue weighted by Gasteiger charge is 2.21. The lowest BCUT2D eigenvalue weighted by molar-refractivity contribution is 0.112. The van der Waals surface area contributed by atoms with Gasteiger partial charge in [0.15, 0.2) is 6.29 Å². The number of carbonyl (C=O) groups is 1. The first kappa shape index (κ1) is 16.1. The molecule has 3 rings (SSSR count). The molecule has 0 bridgehead atoms. The van der Waals surface area contributed by atoms with Crippen LogP contribution in [-0.2, 0) is 0 Å². The molecular weight excluding hydrogens is 300 g/mol. The van der Waals surface area contributed by atoms with Gasteiger partial charge in [-0.05, 0) is 28.3 Å². The summed E-state index contributed by atoms with van der Waals surface area (Å²) < 4.78 is 5.49. The van der Waals surface area contributed by atoms with E-state index in [0.29, 0.717) is 22.4 Å². The van der Waals surface area contributed by atoms with Crippen LogP contribution in [0.3, 0.4) is 0 Å². The van der Waals surface area contributed by atoms with Gasteiger partial charge < -0.3 is 9.84 Å². The Kier molecular flexibility index (Phi) is 4.26. The first-order chi connectivity index (χ1) is 11.6. The lowest BCUT2D eigenvalue weighted by atomic mass is 9.89. The molecule has 0 saturated heterocycles. The molecule has 0 heterocycles. The molecule has 0 saturated carbocycles. The van der Waals surface area contributed by atoms with Crippen LogP contribution in [0.15, 0.2) is 48.5 Å². The molecule has 0 aliphatic heterocycles. The minimum atomic E-state index is 0.157. The van der Waals surface area contributed by atoms with E-state index >= 15 is 0 Å². The van der Waals surface area contributed by atoms with Gasteiger partial charge in [0.25, 0.3) is 0 Å². The Labute approximate surface area is 141 Å². The highest BCUT2D eigenvalue weighted by atomic mass is 16.5. The predicted octanol–water partition coefficient (Wildman–Crippen LogP) is 5.16. The molecule has 24 heavy (non-hydrogen) atoms. The molecule has 122 valence electrons. The van der Waals surface area contributed by atoms with Crippen LogP contribution >= 0.6 is 0 Å². The third-order valence-corrected chi connectivity index (χ3v) is 4.35. The molecule has 3 aromatic carbocycles. The van der Waals surface area contributed by atoms with Gasteiger partial charge >= 0.3 is 0 Å². The summed E-state index contributed by atoms with van der Waals surface area (Å²) in [5.41, 5.74) is 2.64. The molecule has 0 amide bonds. The maximum atomic E-state index is 11.7. The van der Waals surface area contributed by atoms with Gasteiger partial charge in [0.2, 0.25) is 0 Å². The molecule has 0 atom stereocenters. The highest BCUT2D eigenvalue weighted by molar-refractivity contribution is 6.06. The summed E-state index contributed by atoms with van der Waals surface area (Å²) in [6, 6.07) is 15.2. The standard InChI is InChI=1S/C21H20O3/c1-13(2)16-10-11-18(24-3)20(21(16)23)19-15(12-22)9-8-14-6-4-5-7-17(14)19/h4-13,23H,1-3H3. The lowest BCUT2D eigenvalue weighted by Crippen LogP contribution is -1.97. The van der Waals surface area contributed by atoms with Crippen molar-refractivity contribution in [2.75, 3.05) is 7.11 Å². The van der Waals surface area contributed by atoms with E-state index in [1.165, 1.54) is 0 Å². The summed E-state index contributed by atoms with van der Waals surface area (Å²) in [6.45, 7) is 4.05. The summed E-state index contributed by atoms with van der Waals surface area (Å²) in [5.74, 6) is 0.879. The van der Waals surface area contributed by atoms with Crippen molar-refractivity contribution >= 4 is 17.1 Å². The highest BCUT2D eigenvalue weighted by Crippen LogP contribution is 2.45. The first-order valence-electron chi connectivity index (χ1n) is 7.95. The Hall–Kier alpha value is -2.81. The van der Waals surface area contributed by atoms with Crippen molar-refractivity contribution in [3.05, 3.63) is 59.7 Å². The summed E-state index contributed by atoms with van der Waals surface area (Å²) in [5, 5.41) is 12.8. The number of aromatic hydroxyl groups is 1. The van der Waals surface area contributed by atoms with Crippen molar-refractivity contribution in [1.82, 2.24) is 0 Å². The summed E-state index contributed by atoms with van der Waals surface area (Å²) in [7, 11) is 1.57. The van der Waals surface area contributed by atoms with Gasteiger partial charge in [0.05, 0.1) is 12.7 Å². The fourth-order valence-corrected chi connectivity index (χ4v) is 3.13. The van der Waals surface area contributed by atoms with E-state index in [9.17, 15) is 9.90 Å². The minimum absolute atomic E-state index is 0.157. The largest absolute Gasteiger partial charge is 0.507 e. The zero-order valence-corrected chi connectivity index (χ0v) is 14.0. The van der Waals surface area contributed by atoms with Gasteiger partial charge in [-0.1, -0.05) is 56.3 Å². The van der Waals surface area contributed by atoms with Gasteiger partial charge in [-0.15, -0.1) is 0 Å². The van der Waals surface area contributed by atoms with E-state index in [1.54, 1.807) is 13.2 Å². The SMILES string of the molecule is COc1ccc(C(C)C)c(O)c1-c1c(C=O)ccc2ccccc12. The van der Waals surface area contributed by atoms with Crippen LogP contribution in [-0.4, -0.2) is 18.5 Å². The maximum absolute atomic E-state index is 11.7. The second-order valence-electron chi connectivity index (χ2n) is 6.10. The third-order valence-electron chi connectivity index (χ3n) is 4.35. The van der Waals surface area contributed by atoms with Crippen LogP contribution < -0.4 is 4.74 Å². The molecule has 0 radical (unpaired) electrons. The van der Waals surface area contributed by atoms with E-state index in [-0.39, 0.29) is 11.7 Å². The van der Waals surface area contributed by atoms with Crippen molar-refractivity contribution in [2.45, 2.75) is 19.8 Å². The third kappa shape index (κ3) is 2.52. The van der Waals surface area contributed by atoms with Crippen LogP contribution in [0.25, 0.3) is 21.9 Å². The van der Waals surface area contributed by atoms with Gasteiger partial charge in [-0.3, -0.25) is 4.79 Å². The summed E-state index contributed by atoms with van der Waals surface area (Å²) in [6.07, 6.45) is 0.822. The van der Waals surface area contributed by atoms with Crippen molar-refractivity contribution < 1.29 is 14.6 Å². The predicted molar refractivity (Wildman–Crippen MR) is 97.1 cm³/mol. The Morgan fingerprint density at radius 2 is 1.75 bits per heavy atom. The molecule has 1 N–H and O–H groups in total. The van der Waals surface area contributed by atoms with Gasteiger partial charge in [-0.25, -0.2) is 0 Å². The number of carbonyl (C=O) groups excluding carboxylic acids is 1. The summed E-state index contributed by atoms with van der Waals surface area (Å²) >= 11 is 0. The van der Waals surface area contributed by atoms with E-state index in [2.05, 4.69) is 0 Å². The Balaban J connectivity index is 2.47. The van der Waals surface area contributed by atoms with Crippen LogP contribution in [0, 0.1) is 0 Å². The average Bonchev–Trinajstić information content (AvgIpc) is 2.60. The number of ether oxygens (including phenoxy) is 1. The number of aldehydes is 1. The Morgan fingerprint density at radius 1 is 1.00 bits per heavy atom. The monoisotopic (exact) mass is 320 g/mol. The van der Waals surface area contributed by atoms with Crippen LogP contribution in [0.2, 0.25) is 0 Å². The molecule has 3 heteroatoms. The molecule has 0 fully saturated rings. The minimum Gasteiger partial charge on any atom is -0.507 e. The van der Waals surface area contributed by atoms with Crippen LogP contribution in [0.1, 0.15) is 35.7 Å². The van der Waals surface area contributed by atoms with Gasteiger partial charge in [0, 0.05) is 11.1 Å². The van der Waals surface area contributed by atoms with E-state index in [1.807, 2.05) is 56.3 Å². The van der Waals surface area contributed by atoms with Crippen LogP contribution in [0.5, 0.6) is 11.5 Å². The molecular formula is C21H20O3. The summed E-state index contributed by atoms with van der Waals surface area (Å²) in [4.78, 5) is 11.7. The van der Waals surface area contributed by atoms with Crippen molar-refractivity contribution in [3.8, 4) is 22.6 Å². The zero-order chi connectivity index (χ0) is 17.3. The number of hydrogen-bond acceptors (Lipinski definition) is 3. The second kappa shape index (κ2) is 6.36. The topological polar surface area (TPSA) is 46.5 Å². The molecule has 0 unspecified atom stereocenters. The first-order valence-corrected chi connectivity index (χ1v) is 7.95. The number of phenols is 1. The number of hydrogen-bond donors (Lipinski definition) is 1. The lowest BCUT2D eigenvalue weighted by Gasteiger charge is -2.18. The maximum Gasteiger partial charge on any atom is 0.150 e. The number of fused-ring (bicyclic) bond motifs is 1. The Bertz CT molecular complexity index is 910. The van der Waals surface area contributed by atoms with Crippen molar-refractivity contribution in [3.63, 3.8) is 0 Å². The molecule has 0 aliphatic carbocycles. The average molecular weight is 320 g/mol. The van der Waals surface area contributed by atoms with Gasteiger partial charge in [0.1, 0.15) is 11.5 Å². The molecule has 3 aromatic rings.